The van der Waals surface area contributed by atoms with Crippen molar-refractivity contribution in [2.24, 2.45) is 5.92 Å². The van der Waals surface area contributed by atoms with Crippen LogP contribution in [0.1, 0.15) is 58.2 Å². The third kappa shape index (κ3) is 13.0. The van der Waals surface area contributed by atoms with Crippen molar-refractivity contribution in [2.75, 3.05) is 19.0 Å². The van der Waals surface area contributed by atoms with E-state index in [4.69, 9.17) is 4.74 Å². The quantitative estimate of drug-likeness (QED) is 0.278. The van der Waals surface area contributed by atoms with Gasteiger partial charge in [-0.25, -0.2) is 4.79 Å². The Morgan fingerprint density at radius 3 is 2.30 bits per heavy atom. The molecule has 3 rings (SSSR count). The van der Waals surface area contributed by atoms with Crippen LogP contribution in [0.2, 0.25) is 0 Å². The van der Waals surface area contributed by atoms with Gasteiger partial charge in [-0.2, -0.15) is 0 Å². The van der Waals surface area contributed by atoms with Gasteiger partial charge in [0, 0.05) is 24.4 Å². The molecule has 1 fully saturated rings. The summed E-state index contributed by atoms with van der Waals surface area (Å²) in [5, 5.41) is 19.0. The van der Waals surface area contributed by atoms with Crippen LogP contribution < -0.4 is 16.0 Å². The van der Waals surface area contributed by atoms with Gasteiger partial charge in [-0.3, -0.25) is 14.4 Å². The topological polar surface area (TPSA) is 137 Å². The summed E-state index contributed by atoms with van der Waals surface area (Å²) in [5.41, 5.74) is 2.63. The van der Waals surface area contributed by atoms with Gasteiger partial charge in [-0.05, 0) is 64.7 Å². The fraction of sp³-hybridized carbons (Fsp3) is 0.515. The standard InChI is InChI=1S/C24H37N3O5S.C9H11NO/c1-16(13-25-22(31)32-23(2,3)4)20(29)26-18(12-17-10-8-7-9-11-17)19(28)21(30)27-14-24(5,6)33-15-27;1-8-4-2-3-5-9(8)6-10-7-11/h7-11,16,18-19,28H,12-15H2,1-6H3,(H,25,31)(H,26,29);2-5,7H,6H2,1H3,(H,10,11)/t16?,18-,19-;/m0./s1. The Morgan fingerprint density at radius 1 is 1.09 bits per heavy atom. The summed E-state index contributed by atoms with van der Waals surface area (Å²) in [7, 11) is 0. The van der Waals surface area contributed by atoms with Crippen molar-refractivity contribution in [3.63, 3.8) is 0 Å². The average molecular weight is 629 g/mol. The Bertz CT molecular complexity index is 1230. The lowest BCUT2D eigenvalue weighted by Gasteiger charge is -2.28. The van der Waals surface area contributed by atoms with Crippen molar-refractivity contribution in [1.82, 2.24) is 20.9 Å². The molecule has 44 heavy (non-hydrogen) atoms. The van der Waals surface area contributed by atoms with E-state index < -0.39 is 35.7 Å². The van der Waals surface area contributed by atoms with Gasteiger partial charge < -0.3 is 30.7 Å². The molecule has 0 bridgehead atoms. The van der Waals surface area contributed by atoms with E-state index >= 15 is 0 Å². The number of amides is 4. The maximum absolute atomic E-state index is 13.0. The third-order valence-electron chi connectivity index (χ3n) is 6.79. The number of alkyl carbamates (subject to hydrolysis) is 1. The Kier molecular flexibility index (Phi) is 14.2. The summed E-state index contributed by atoms with van der Waals surface area (Å²) < 4.78 is 5.12. The van der Waals surface area contributed by atoms with Crippen LogP contribution in [-0.4, -0.2) is 75.8 Å². The van der Waals surface area contributed by atoms with E-state index in [0.717, 1.165) is 5.56 Å². The van der Waals surface area contributed by atoms with Gasteiger partial charge >= 0.3 is 6.09 Å². The van der Waals surface area contributed by atoms with E-state index in [2.05, 4.69) is 29.8 Å². The van der Waals surface area contributed by atoms with Gasteiger partial charge in [0.2, 0.25) is 12.3 Å². The highest BCUT2D eigenvalue weighted by molar-refractivity contribution is 8.00. The fourth-order valence-electron chi connectivity index (χ4n) is 4.34. The normalized spacial score (nSPS) is 16.0. The highest BCUT2D eigenvalue weighted by atomic mass is 32.2. The molecule has 4 N–H and O–H groups in total. The lowest BCUT2D eigenvalue weighted by molar-refractivity contribution is -0.141. The summed E-state index contributed by atoms with van der Waals surface area (Å²) in [6.45, 7) is 14.3. The zero-order valence-electron chi connectivity index (χ0n) is 26.9. The predicted octanol–water partition coefficient (Wildman–Crippen LogP) is 3.79. The molecule has 2 aromatic rings. The molecule has 0 saturated carbocycles. The average Bonchev–Trinajstić information content (AvgIpc) is 3.33. The van der Waals surface area contributed by atoms with Crippen LogP contribution in [0, 0.1) is 12.8 Å². The monoisotopic (exact) mass is 628 g/mol. The van der Waals surface area contributed by atoms with Gasteiger partial charge in [0.25, 0.3) is 5.91 Å². The number of aryl methyl sites for hydroxylation is 1. The molecule has 0 radical (unpaired) electrons. The van der Waals surface area contributed by atoms with Crippen LogP contribution in [0.3, 0.4) is 0 Å². The number of nitrogens with zero attached hydrogens (tertiary/aromatic N) is 1. The molecule has 242 valence electrons. The van der Waals surface area contributed by atoms with E-state index in [1.165, 1.54) is 11.1 Å². The second kappa shape index (κ2) is 17.1. The smallest absolute Gasteiger partial charge is 0.407 e. The lowest BCUT2D eigenvalue weighted by atomic mass is 9.99. The molecule has 11 heteroatoms. The molecule has 0 spiro atoms. The largest absolute Gasteiger partial charge is 0.444 e. The number of carbonyl (C=O) groups excluding carboxylic acids is 4. The predicted molar refractivity (Wildman–Crippen MR) is 174 cm³/mol. The van der Waals surface area contributed by atoms with Gasteiger partial charge in [0.05, 0.1) is 17.8 Å². The summed E-state index contributed by atoms with van der Waals surface area (Å²) >= 11 is 1.66. The first-order valence-corrected chi connectivity index (χ1v) is 15.7. The van der Waals surface area contributed by atoms with Crippen molar-refractivity contribution in [2.45, 2.75) is 83.9 Å². The second-order valence-corrected chi connectivity index (χ2v) is 14.2. The number of aliphatic hydroxyl groups is 1. The van der Waals surface area contributed by atoms with E-state index in [9.17, 15) is 24.3 Å². The summed E-state index contributed by atoms with van der Waals surface area (Å²) in [5.74, 6) is -0.839. The molecule has 1 saturated heterocycles. The summed E-state index contributed by atoms with van der Waals surface area (Å²) in [6.07, 6.45) is -0.968. The number of thioether (sulfide) groups is 1. The van der Waals surface area contributed by atoms with Gasteiger partial charge in [0.15, 0.2) is 6.10 Å². The highest BCUT2D eigenvalue weighted by Crippen LogP contribution is 2.33. The highest BCUT2D eigenvalue weighted by Gasteiger charge is 2.38. The maximum Gasteiger partial charge on any atom is 0.407 e. The molecule has 4 amide bonds. The second-order valence-electron chi connectivity index (χ2n) is 12.5. The molecule has 0 aromatic heterocycles. The number of hydrogen-bond acceptors (Lipinski definition) is 7. The Balaban J connectivity index is 0.000000514. The van der Waals surface area contributed by atoms with Crippen LogP contribution in [-0.2, 0) is 32.1 Å². The zero-order valence-corrected chi connectivity index (χ0v) is 27.7. The van der Waals surface area contributed by atoms with Gasteiger partial charge in [0.1, 0.15) is 5.60 Å². The third-order valence-corrected chi connectivity index (χ3v) is 8.14. The Labute approximate surface area is 265 Å². The minimum absolute atomic E-state index is 0.0692. The summed E-state index contributed by atoms with van der Waals surface area (Å²) in [4.78, 5) is 49.4. The van der Waals surface area contributed by atoms with Crippen LogP contribution >= 0.6 is 11.8 Å². The molecule has 1 aliphatic rings. The number of aliphatic hydroxyl groups excluding tert-OH is 1. The number of rotatable bonds is 11. The molecule has 0 aliphatic carbocycles. The van der Waals surface area contributed by atoms with E-state index in [-0.39, 0.29) is 17.2 Å². The fourth-order valence-corrected chi connectivity index (χ4v) is 5.31. The number of nitrogens with one attached hydrogen (secondary N) is 3. The molecule has 1 aliphatic heterocycles. The SMILES string of the molecule is CC(CNC(=O)OC(C)(C)C)C(=O)N[C@@H](Cc1ccccc1)[C@H](O)C(=O)N1CSC(C)(C)C1.Cc1ccccc1CNC=O. The summed E-state index contributed by atoms with van der Waals surface area (Å²) in [6, 6.07) is 16.6. The molecule has 3 atom stereocenters. The first-order chi connectivity index (χ1) is 20.6. The van der Waals surface area contributed by atoms with Crippen LogP contribution in [0.25, 0.3) is 0 Å². The Hall–Kier alpha value is -3.57. The molecular weight excluding hydrogens is 580 g/mol. The lowest BCUT2D eigenvalue weighted by Crippen LogP contribution is -2.54. The maximum atomic E-state index is 13.0. The van der Waals surface area contributed by atoms with Crippen molar-refractivity contribution >= 4 is 36.1 Å². The van der Waals surface area contributed by atoms with E-state index in [1.54, 1.807) is 44.4 Å². The zero-order chi connectivity index (χ0) is 32.9. The van der Waals surface area contributed by atoms with Gasteiger partial charge in [-0.1, -0.05) is 61.5 Å². The Morgan fingerprint density at radius 2 is 1.73 bits per heavy atom. The molecule has 1 heterocycles. The molecule has 10 nitrogen and oxygen atoms in total. The van der Waals surface area contributed by atoms with Crippen LogP contribution in [0.4, 0.5) is 4.79 Å². The number of hydrogen-bond donors (Lipinski definition) is 4. The molecular formula is C33H48N4O6S. The molecule has 2 aromatic carbocycles. The van der Waals surface area contributed by atoms with Crippen LogP contribution in [0.5, 0.6) is 0 Å². The van der Waals surface area contributed by atoms with Crippen molar-refractivity contribution in [3.8, 4) is 0 Å². The number of benzene rings is 2. The van der Waals surface area contributed by atoms with Crippen LogP contribution in [0.15, 0.2) is 54.6 Å². The number of ether oxygens (including phenoxy) is 1. The van der Waals surface area contributed by atoms with Crippen molar-refractivity contribution < 1.29 is 29.0 Å². The minimum atomic E-state index is -1.38. The van der Waals surface area contributed by atoms with Crippen molar-refractivity contribution in [1.29, 1.82) is 0 Å². The number of carbonyl (C=O) groups is 4. The molecule has 1 unspecified atom stereocenters. The first-order valence-electron chi connectivity index (χ1n) is 14.8. The van der Waals surface area contributed by atoms with Gasteiger partial charge in [-0.15, -0.1) is 11.8 Å². The van der Waals surface area contributed by atoms with Crippen molar-refractivity contribution in [3.05, 3.63) is 71.3 Å². The minimum Gasteiger partial charge on any atom is -0.444 e. The van der Waals surface area contributed by atoms with E-state index in [1.807, 2.05) is 61.5 Å². The van der Waals surface area contributed by atoms with E-state index in [0.29, 0.717) is 31.8 Å². The first kappa shape index (κ1) is 36.6.